The monoisotopic (exact) mass is 237 g/mol. The maximum atomic E-state index is 11.5. The number of aldehydes is 1. The summed E-state index contributed by atoms with van der Waals surface area (Å²) in [7, 11) is 1.52. The summed E-state index contributed by atoms with van der Waals surface area (Å²) in [5, 5.41) is 5.34. The number of nitrogens with zero attached hydrogens (tertiary/aromatic N) is 2. The van der Waals surface area contributed by atoms with Crippen LogP contribution in [-0.2, 0) is 4.79 Å². The van der Waals surface area contributed by atoms with Crippen molar-refractivity contribution in [3.63, 3.8) is 0 Å². The first-order valence-electron chi connectivity index (χ1n) is 5.11. The summed E-state index contributed by atoms with van der Waals surface area (Å²) in [5.74, 6) is 0.253. The highest BCUT2D eigenvalue weighted by molar-refractivity contribution is 6.05. The molecule has 1 aromatic rings. The van der Waals surface area contributed by atoms with Crippen LogP contribution in [0.1, 0.15) is 24.3 Å². The van der Waals surface area contributed by atoms with E-state index >= 15 is 0 Å². The van der Waals surface area contributed by atoms with E-state index in [9.17, 15) is 9.59 Å². The molecule has 1 aromatic heterocycles. The zero-order valence-corrected chi connectivity index (χ0v) is 9.94. The van der Waals surface area contributed by atoms with E-state index in [2.05, 4.69) is 25.6 Å². The van der Waals surface area contributed by atoms with Gasteiger partial charge in [-0.3, -0.25) is 19.9 Å². The van der Waals surface area contributed by atoms with Crippen LogP contribution in [0.15, 0.2) is 11.3 Å². The average molecular weight is 237 g/mol. The van der Waals surface area contributed by atoms with E-state index in [-0.39, 0.29) is 17.8 Å². The smallest absolute Gasteiger partial charge is 0.229 e. The van der Waals surface area contributed by atoms with Gasteiger partial charge in [0.25, 0.3) is 0 Å². The van der Waals surface area contributed by atoms with E-state index in [0.717, 1.165) is 0 Å². The molecule has 0 saturated carbocycles. The predicted octanol–water partition coefficient (Wildman–Crippen LogP) is 0.392. The van der Waals surface area contributed by atoms with E-state index < -0.39 is 0 Å². The van der Waals surface area contributed by atoms with Crippen molar-refractivity contribution >= 4 is 24.0 Å². The van der Waals surface area contributed by atoms with Gasteiger partial charge >= 0.3 is 0 Å². The minimum atomic E-state index is -0.165. The van der Waals surface area contributed by atoms with Crippen molar-refractivity contribution in [2.75, 3.05) is 12.4 Å². The molecule has 1 rings (SSSR count). The first-order chi connectivity index (χ1) is 8.08. The number of hydrogen-bond acceptors (Lipinski definition) is 4. The summed E-state index contributed by atoms with van der Waals surface area (Å²) in [6.07, 6.45) is 2.01. The topological polar surface area (TPSA) is 99.2 Å². The van der Waals surface area contributed by atoms with E-state index in [0.29, 0.717) is 17.8 Å². The SMILES string of the molecule is CN=C(NC(=O)C(C)C)Nc1nc[nH]c1C=O. The number of H-pyrrole nitrogens is 1. The highest BCUT2D eigenvalue weighted by atomic mass is 16.2. The summed E-state index contributed by atoms with van der Waals surface area (Å²) < 4.78 is 0. The van der Waals surface area contributed by atoms with Gasteiger partial charge in [0.05, 0.1) is 6.33 Å². The van der Waals surface area contributed by atoms with Gasteiger partial charge in [-0.25, -0.2) is 4.98 Å². The van der Waals surface area contributed by atoms with Gasteiger partial charge in [-0.2, -0.15) is 0 Å². The minimum Gasteiger partial charge on any atom is -0.341 e. The molecule has 7 nitrogen and oxygen atoms in total. The first kappa shape index (κ1) is 12.9. The Bertz CT molecular complexity index is 436. The van der Waals surface area contributed by atoms with Crippen LogP contribution in [0.4, 0.5) is 5.82 Å². The van der Waals surface area contributed by atoms with Crippen LogP contribution in [0.25, 0.3) is 0 Å². The number of anilines is 1. The van der Waals surface area contributed by atoms with Gasteiger partial charge < -0.3 is 10.3 Å². The van der Waals surface area contributed by atoms with Crippen LogP contribution >= 0.6 is 0 Å². The molecule has 17 heavy (non-hydrogen) atoms. The zero-order valence-electron chi connectivity index (χ0n) is 9.94. The largest absolute Gasteiger partial charge is 0.341 e. The fourth-order valence-corrected chi connectivity index (χ4v) is 1.01. The normalized spacial score (nSPS) is 11.4. The molecule has 0 fully saturated rings. The van der Waals surface area contributed by atoms with Crippen molar-refractivity contribution in [3.8, 4) is 0 Å². The van der Waals surface area contributed by atoms with Crippen LogP contribution in [0.2, 0.25) is 0 Å². The molecular formula is C10H15N5O2. The number of nitrogens with one attached hydrogen (secondary N) is 3. The molecule has 7 heteroatoms. The van der Waals surface area contributed by atoms with Crippen LogP contribution in [0.3, 0.4) is 0 Å². The van der Waals surface area contributed by atoms with Crippen molar-refractivity contribution in [1.29, 1.82) is 0 Å². The number of aromatic amines is 1. The van der Waals surface area contributed by atoms with Crippen molar-refractivity contribution < 1.29 is 9.59 Å². The van der Waals surface area contributed by atoms with Gasteiger partial charge in [0.1, 0.15) is 5.69 Å². The number of imidazole rings is 1. The van der Waals surface area contributed by atoms with Gasteiger partial charge in [-0.15, -0.1) is 0 Å². The van der Waals surface area contributed by atoms with Crippen LogP contribution < -0.4 is 10.6 Å². The molecular weight excluding hydrogens is 222 g/mol. The third-order valence-electron chi connectivity index (χ3n) is 2.01. The number of aliphatic imine (C=N–C) groups is 1. The number of carbonyl (C=O) groups is 2. The molecule has 0 aromatic carbocycles. The van der Waals surface area contributed by atoms with Gasteiger partial charge in [0.2, 0.25) is 11.9 Å². The highest BCUT2D eigenvalue weighted by Gasteiger charge is 2.12. The third-order valence-corrected chi connectivity index (χ3v) is 2.01. The predicted molar refractivity (Wildman–Crippen MR) is 63.9 cm³/mol. The second-order valence-electron chi connectivity index (χ2n) is 3.62. The van der Waals surface area contributed by atoms with Gasteiger partial charge in [-0.05, 0) is 0 Å². The molecule has 0 bridgehead atoms. The van der Waals surface area contributed by atoms with Gasteiger partial charge in [0, 0.05) is 13.0 Å². The quantitative estimate of drug-likeness (QED) is 0.402. The number of guanidine groups is 1. The standard InChI is InChI=1S/C10H15N5O2/c1-6(2)9(17)15-10(11-3)14-8-7(4-16)12-5-13-8/h4-6H,1-3H3,(H,12,13)(H2,11,14,15,17). The molecule has 0 atom stereocenters. The molecule has 0 unspecified atom stereocenters. The lowest BCUT2D eigenvalue weighted by Gasteiger charge is -2.10. The van der Waals surface area contributed by atoms with Crippen LogP contribution in [0, 0.1) is 5.92 Å². The molecule has 0 spiro atoms. The van der Waals surface area contributed by atoms with Crippen molar-refractivity contribution in [3.05, 3.63) is 12.0 Å². The molecule has 1 heterocycles. The summed E-state index contributed by atoms with van der Waals surface area (Å²) >= 11 is 0. The van der Waals surface area contributed by atoms with E-state index in [1.54, 1.807) is 13.8 Å². The van der Waals surface area contributed by atoms with E-state index in [1.165, 1.54) is 13.4 Å². The molecule has 0 aliphatic rings. The van der Waals surface area contributed by atoms with Crippen LogP contribution in [-0.4, -0.2) is 35.2 Å². The Morgan fingerprint density at radius 1 is 1.59 bits per heavy atom. The Morgan fingerprint density at radius 2 is 2.29 bits per heavy atom. The number of hydrogen-bond donors (Lipinski definition) is 3. The zero-order chi connectivity index (χ0) is 12.8. The number of amides is 1. The van der Waals surface area contributed by atoms with Crippen molar-refractivity contribution in [2.24, 2.45) is 10.9 Å². The molecule has 3 N–H and O–H groups in total. The van der Waals surface area contributed by atoms with Crippen molar-refractivity contribution in [1.82, 2.24) is 15.3 Å². The molecule has 1 amide bonds. The lowest BCUT2D eigenvalue weighted by Crippen LogP contribution is -2.38. The first-order valence-corrected chi connectivity index (χ1v) is 5.11. The maximum Gasteiger partial charge on any atom is 0.229 e. The Labute approximate surface area is 98.7 Å². The fourth-order valence-electron chi connectivity index (χ4n) is 1.01. The second kappa shape index (κ2) is 5.78. The summed E-state index contributed by atoms with van der Waals surface area (Å²) in [4.78, 5) is 32.5. The number of aromatic nitrogens is 2. The fraction of sp³-hybridized carbons (Fsp3) is 0.400. The molecule has 92 valence electrons. The Balaban J connectivity index is 2.72. The van der Waals surface area contributed by atoms with Gasteiger partial charge in [-0.1, -0.05) is 13.8 Å². The average Bonchev–Trinajstić information content (AvgIpc) is 2.75. The molecule has 0 aliphatic heterocycles. The summed E-state index contributed by atoms with van der Waals surface area (Å²) in [6.45, 7) is 3.54. The van der Waals surface area contributed by atoms with E-state index in [1.807, 2.05) is 0 Å². The second-order valence-corrected chi connectivity index (χ2v) is 3.62. The van der Waals surface area contributed by atoms with Gasteiger partial charge in [0.15, 0.2) is 12.1 Å². The summed E-state index contributed by atoms with van der Waals surface area (Å²) in [6, 6.07) is 0. The van der Waals surface area contributed by atoms with Crippen molar-refractivity contribution in [2.45, 2.75) is 13.8 Å². The Kier molecular flexibility index (Phi) is 4.38. The molecule has 0 aliphatic carbocycles. The number of rotatable bonds is 3. The Morgan fingerprint density at radius 3 is 2.82 bits per heavy atom. The molecule has 0 saturated heterocycles. The number of carbonyl (C=O) groups excluding carboxylic acids is 2. The lowest BCUT2D eigenvalue weighted by molar-refractivity contribution is -0.122. The lowest BCUT2D eigenvalue weighted by atomic mass is 10.2. The minimum absolute atomic E-state index is 0.154. The van der Waals surface area contributed by atoms with Crippen LogP contribution in [0.5, 0.6) is 0 Å². The third kappa shape index (κ3) is 3.40. The molecule has 0 radical (unpaired) electrons. The highest BCUT2D eigenvalue weighted by Crippen LogP contribution is 2.05. The summed E-state index contributed by atoms with van der Waals surface area (Å²) in [5.41, 5.74) is 0.296. The maximum absolute atomic E-state index is 11.5. The van der Waals surface area contributed by atoms with E-state index in [4.69, 9.17) is 0 Å². The Hall–Kier alpha value is -2.18.